The fourth-order valence-electron chi connectivity index (χ4n) is 2.47. The molecule has 1 unspecified atom stereocenters. The van der Waals surface area contributed by atoms with E-state index in [-0.39, 0.29) is 11.9 Å². The minimum absolute atomic E-state index is 0.182. The molecule has 1 aliphatic rings. The fraction of sp³-hybridized carbons (Fsp3) is 0.462. The van der Waals surface area contributed by atoms with Crippen LogP contribution in [0.4, 0.5) is 4.39 Å². The number of fused-ring (bicyclic) bond motifs is 1. The average Bonchev–Trinajstić information content (AvgIpc) is 3.00. The van der Waals surface area contributed by atoms with Crippen LogP contribution in [0.25, 0.3) is 11.0 Å². The van der Waals surface area contributed by atoms with E-state index in [1.165, 1.54) is 6.07 Å². The Balaban J connectivity index is 2.06. The Morgan fingerprint density at radius 3 is 3.05 bits per heavy atom. The molecule has 1 fully saturated rings. The van der Waals surface area contributed by atoms with Crippen LogP contribution < -0.4 is 0 Å². The predicted octanol–water partition coefficient (Wildman–Crippen LogP) is 3.70. The molecule has 0 radical (unpaired) electrons. The average molecular weight is 395 g/mol. The first kappa shape index (κ1) is 13.6. The summed E-state index contributed by atoms with van der Waals surface area (Å²) in [6, 6.07) is 3.29. The first-order valence-electron chi connectivity index (χ1n) is 6.21. The van der Waals surface area contributed by atoms with Crippen molar-refractivity contribution >= 4 is 45.2 Å². The summed E-state index contributed by atoms with van der Waals surface area (Å²) in [5.74, 6) is 0.871. The van der Waals surface area contributed by atoms with Crippen molar-refractivity contribution in [2.24, 2.45) is 0 Å². The van der Waals surface area contributed by atoms with Gasteiger partial charge in [-0.05, 0) is 41.5 Å². The molecule has 1 aromatic carbocycles. The van der Waals surface area contributed by atoms with Gasteiger partial charge in [-0.2, -0.15) is 0 Å². The number of hydrogen-bond acceptors (Lipinski definition) is 2. The van der Waals surface area contributed by atoms with Crippen molar-refractivity contribution < 1.29 is 9.13 Å². The number of nitrogens with zero attached hydrogens (tertiary/aromatic N) is 2. The lowest BCUT2D eigenvalue weighted by molar-refractivity contribution is 0.0973. The number of benzene rings is 1. The zero-order valence-corrected chi connectivity index (χ0v) is 13.1. The third-order valence-corrected chi connectivity index (χ3v) is 4.46. The Hall–Kier alpha value is -0.400. The molecule has 0 spiro atoms. The second-order valence-corrected chi connectivity index (χ2v) is 6.09. The van der Waals surface area contributed by atoms with Crippen LogP contribution in [0.3, 0.4) is 0 Å². The highest BCUT2D eigenvalue weighted by atomic mass is 127. The Labute approximate surface area is 129 Å². The third-order valence-electron chi connectivity index (χ3n) is 3.40. The van der Waals surface area contributed by atoms with E-state index in [0.717, 1.165) is 36.3 Å². The Kier molecular flexibility index (Phi) is 3.96. The quantitative estimate of drug-likeness (QED) is 0.586. The van der Waals surface area contributed by atoms with Gasteiger partial charge in [-0.25, -0.2) is 9.37 Å². The lowest BCUT2D eigenvalue weighted by atomic mass is 10.2. The summed E-state index contributed by atoms with van der Waals surface area (Å²) in [7, 11) is 0. The molecule has 1 aliphatic heterocycles. The predicted molar refractivity (Wildman–Crippen MR) is 80.9 cm³/mol. The monoisotopic (exact) mass is 394 g/mol. The van der Waals surface area contributed by atoms with Gasteiger partial charge in [0.1, 0.15) is 11.6 Å². The molecule has 3 rings (SSSR count). The minimum Gasteiger partial charge on any atom is -0.376 e. The lowest BCUT2D eigenvalue weighted by Crippen LogP contribution is -2.16. The molecular weight excluding hydrogens is 382 g/mol. The highest BCUT2D eigenvalue weighted by molar-refractivity contribution is 14.1. The SMILES string of the molecule is Fc1cc2c(cc1I)nc(CCl)n2CC1CCCO1. The van der Waals surface area contributed by atoms with E-state index in [4.69, 9.17) is 16.3 Å². The second kappa shape index (κ2) is 5.54. The van der Waals surface area contributed by atoms with Crippen molar-refractivity contribution in [1.29, 1.82) is 0 Å². The molecule has 1 saturated heterocycles. The van der Waals surface area contributed by atoms with E-state index in [1.54, 1.807) is 6.07 Å². The number of hydrogen-bond donors (Lipinski definition) is 0. The van der Waals surface area contributed by atoms with Crippen molar-refractivity contribution in [2.45, 2.75) is 31.4 Å². The summed E-state index contributed by atoms with van der Waals surface area (Å²) >= 11 is 7.92. The molecule has 6 heteroatoms. The van der Waals surface area contributed by atoms with Gasteiger partial charge in [-0.1, -0.05) is 0 Å². The molecule has 2 heterocycles. The number of ether oxygens (including phenoxy) is 1. The Morgan fingerprint density at radius 1 is 1.53 bits per heavy atom. The van der Waals surface area contributed by atoms with Crippen LogP contribution in [0.2, 0.25) is 0 Å². The smallest absolute Gasteiger partial charge is 0.138 e. The van der Waals surface area contributed by atoms with E-state index in [1.807, 2.05) is 27.2 Å². The van der Waals surface area contributed by atoms with Crippen LogP contribution in [-0.2, 0) is 17.2 Å². The van der Waals surface area contributed by atoms with Gasteiger partial charge in [-0.15, -0.1) is 11.6 Å². The number of alkyl halides is 1. The van der Waals surface area contributed by atoms with E-state index in [0.29, 0.717) is 16.0 Å². The molecule has 0 amide bonds. The number of halogens is 3. The molecule has 19 heavy (non-hydrogen) atoms. The zero-order valence-electron chi connectivity index (χ0n) is 10.2. The van der Waals surface area contributed by atoms with Crippen LogP contribution in [0.15, 0.2) is 12.1 Å². The molecular formula is C13H13ClFIN2O. The maximum absolute atomic E-state index is 13.7. The van der Waals surface area contributed by atoms with Crippen molar-refractivity contribution in [3.05, 3.63) is 27.3 Å². The molecule has 1 aromatic heterocycles. The highest BCUT2D eigenvalue weighted by Gasteiger charge is 2.20. The first-order valence-corrected chi connectivity index (χ1v) is 7.82. The molecule has 0 N–H and O–H groups in total. The van der Waals surface area contributed by atoms with Crippen LogP contribution in [0.5, 0.6) is 0 Å². The van der Waals surface area contributed by atoms with Gasteiger partial charge < -0.3 is 9.30 Å². The standard InChI is InChI=1S/C13H13ClFIN2O/c14-6-13-17-11-5-10(16)9(15)4-12(11)18(13)7-8-2-1-3-19-8/h4-5,8H,1-3,6-7H2. The summed E-state index contributed by atoms with van der Waals surface area (Å²) < 4.78 is 21.9. The molecule has 102 valence electrons. The maximum Gasteiger partial charge on any atom is 0.138 e. The van der Waals surface area contributed by atoms with E-state index < -0.39 is 0 Å². The third kappa shape index (κ3) is 2.60. The van der Waals surface area contributed by atoms with E-state index >= 15 is 0 Å². The van der Waals surface area contributed by atoms with Gasteiger partial charge in [0, 0.05) is 12.7 Å². The molecule has 3 nitrogen and oxygen atoms in total. The van der Waals surface area contributed by atoms with Crippen molar-refractivity contribution in [2.75, 3.05) is 6.61 Å². The summed E-state index contributed by atoms with van der Waals surface area (Å²) in [4.78, 5) is 4.48. The number of rotatable bonds is 3. The van der Waals surface area contributed by atoms with Gasteiger partial charge in [0.05, 0.1) is 33.1 Å². The fourth-order valence-corrected chi connectivity index (χ4v) is 3.12. The van der Waals surface area contributed by atoms with Gasteiger partial charge in [0.25, 0.3) is 0 Å². The molecule has 1 atom stereocenters. The second-order valence-electron chi connectivity index (χ2n) is 4.66. The van der Waals surface area contributed by atoms with Gasteiger partial charge in [0.2, 0.25) is 0 Å². The normalized spacial score (nSPS) is 19.4. The number of aromatic nitrogens is 2. The molecule has 0 saturated carbocycles. The van der Waals surface area contributed by atoms with Gasteiger partial charge >= 0.3 is 0 Å². The summed E-state index contributed by atoms with van der Waals surface area (Å²) in [6.07, 6.45) is 2.30. The summed E-state index contributed by atoms with van der Waals surface area (Å²) in [5.41, 5.74) is 1.59. The number of imidazole rings is 1. The van der Waals surface area contributed by atoms with Crippen LogP contribution in [0, 0.1) is 9.39 Å². The minimum atomic E-state index is -0.220. The summed E-state index contributed by atoms with van der Waals surface area (Å²) in [6.45, 7) is 1.50. The van der Waals surface area contributed by atoms with E-state index in [9.17, 15) is 4.39 Å². The van der Waals surface area contributed by atoms with Crippen LogP contribution in [0.1, 0.15) is 18.7 Å². The maximum atomic E-state index is 13.7. The van der Waals surface area contributed by atoms with Crippen molar-refractivity contribution in [3.63, 3.8) is 0 Å². The first-order chi connectivity index (χ1) is 9.19. The van der Waals surface area contributed by atoms with Gasteiger partial charge in [0.15, 0.2) is 0 Å². The van der Waals surface area contributed by atoms with Crippen LogP contribution >= 0.6 is 34.2 Å². The molecule has 0 bridgehead atoms. The Morgan fingerprint density at radius 2 is 2.37 bits per heavy atom. The molecule has 2 aromatic rings. The zero-order chi connectivity index (χ0) is 13.4. The highest BCUT2D eigenvalue weighted by Crippen LogP contribution is 2.25. The Bertz CT molecular complexity index is 610. The van der Waals surface area contributed by atoms with Crippen LogP contribution in [-0.4, -0.2) is 22.3 Å². The molecule has 0 aliphatic carbocycles. The van der Waals surface area contributed by atoms with Gasteiger partial charge in [-0.3, -0.25) is 0 Å². The summed E-state index contributed by atoms with van der Waals surface area (Å²) in [5, 5.41) is 0. The lowest BCUT2D eigenvalue weighted by Gasteiger charge is -2.13. The topological polar surface area (TPSA) is 27.1 Å². The van der Waals surface area contributed by atoms with Crippen molar-refractivity contribution in [1.82, 2.24) is 9.55 Å². The van der Waals surface area contributed by atoms with E-state index in [2.05, 4.69) is 4.98 Å². The van der Waals surface area contributed by atoms with Crippen molar-refractivity contribution in [3.8, 4) is 0 Å². The largest absolute Gasteiger partial charge is 0.376 e.